The Kier molecular flexibility index (Phi) is 5.28. The van der Waals surface area contributed by atoms with Gasteiger partial charge < -0.3 is 20.1 Å². The van der Waals surface area contributed by atoms with Gasteiger partial charge in [-0.1, -0.05) is 18.2 Å². The Morgan fingerprint density at radius 3 is 2.33 bits per heavy atom. The molecule has 0 aliphatic carbocycles. The summed E-state index contributed by atoms with van der Waals surface area (Å²) in [6.07, 6.45) is 4.66. The molecule has 2 aliphatic heterocycles. The van der Waals surface area contributed by atoms with E-state index < -0.39 is 0 Å². The third kappa shape index (κ3) is 4.15. The van der Waals surface area contributed by atoms with Crippen LogP contribution < -0.4 is 15.0 Å². The van der Waals surface area contributed by atoms with Gasteiger partial charge in [0.15, 0.2) is 5.82 Å². The molecule has 1 aromatic heterocycles. The van der Waals surface area contributed by atoms with Crippen molar-refractivity contribution in [2.24, 2.45) is 0 Å². The lowest BCUT2D eigenvalue weighted by molar-refractivity contribution is 0.207. The summed E-state index contributed by atoms with van der Waals surface area (Å²) in [5.74, 6) is 1.83. The van der Waals surface area contributed by atoms with Crippen molar-refractivity contribution in [2.75, 3.05) is 19.1 Å². The fourth-order valence-electron chi connectivity index (χ4n) is 5.67. The standard InChI is InChI=1S/C27H32N4O2/c1-26-12-13-27(2,30-26)17-20(16-26)31(3)25-11-10-23(28-29-25)22-9-8-19(15-24(22)32)18-6-5-7-21(14-18)33-4/h5-11,14-15,20,30,32H,12-13,16-17H2,1-4H3/t20-,26+,27-. The summed E-state index contributed by atoms with van der Waals surface area (Å²) < 4.78 is 5.31. The molecule has 0 amide bonds. The number of phenols is 1. The number of rotatable bonds is 5. The predicted molar refractivity (Wildman–Crippen MR) is 132 cm³/mol. The van der Waals surface area contributed by atoms with E-state index >= 15 is 0 Å². The molecule has 2 fully saturated rings. The van der Waals surface area contributed by atoms with Crippen LogP contribution in [0.5, 0.6) is 11.5 Å². The first-order valence-electron chi connectivity index (χ1n) is 11.6. The lowest BCUT2D eigenvalue weighted by atomic mass is 9.84. The molecule has 6 nitrogen and oxygen atoms in total. The summed E-state index contributed by atoms with van der Waals surface area (Å²) in [5, 5.41) is 23.5. The van der Waals surface area contributed by atoms with Crippen LogP contribution in [0.2, 0.25) is 0 Å². The van der Waals surface area contributed by atoms with E-state index in [1.807, 2.05) is 48.5 Å². The molecule has 6 heteroatoms. The minimum atomic E-state index is 0.182. The van der Waals surface area contributed by atoms with Gasteiger partial charge in [-0.05, 0) is 87.1 Å². The van der Waals surface area contributed by atoms with Crippen LogP contribution in [0.3, 0.4) is 0 Å². The van der Waals surface area contributed by atoms with Gasteiger partial charge >= 0.3 is 0 Å². The fourth-order valence-corrected chi connectivity index (χ4v) is 5.67. The van der Waals surface area contributed by atoms with E-state index in [2.05, 4.69) is 41.3 Å². The van der Waals surface area contributed by atoms with Crippen molar-refractivity contribution >= 4 is 5.82 Å². The highest BCUT2D eigenvalue weighted by molar-refractivity contribution is 5.75. The van der Waals surface area contributed by atoms with E-state index in [1.165, 1.54) is 12.8 Å². The maximum absolute atomic E-state index is 10.7. The second kappa shape index (κ2) is 8.03. The molecule has 3 heterocycles. The third-order valence-corrected chi connectivity index (χ3v) is 7.44. The van der Waals surface area contributed by atoms with Crippen LogP contribution in [0.4, 0.5) is 5.82 Å². The molecule has 3 atom stereocenters. The molecule has 0 spiro atoms. The average molecular weight is 445 g/mol. The molecule has 2 saturated heterocycles. The van der Waals surface area contributed by atoms with E-state index in [0.29, 0.717) is 17.3 Å². The van der Waals surface area contributed by atoms with Gasteiger partial charge in [0.1, 0.15) is 11.5 Å². The monoisotopic (exact) mass is 444 g/mol. The van der Waals surface area contributed by atoms with Crippen molar-refractivity contribution in [3.8, 4) is 33.9 Å². The Labute approximate surface area is 195 Å². The van der Waals surface area contributed by atoms with Gasteiger partial charge in [-0.2, -0.15) is 0 Å². The Balaban J connectivity index is 1.35. The average Bonchev–Trinajstić information content (AvgIpc) is 3.05. The molecule has 33 heavy (non-hydrogen) atoms. The number of methoxy groups -OCH3 is 1. The zero-order valence-corrected chi connectivity index (χ0v) is 19.8. The fraction of sp³-hybridized carbons (Fsp3) is 0.407. The number of benzene rings is 2. The first-order chi connectivity index (χ1) is 15.8. The first kappa shape index (κ1) is 21.7. The van der Waals surface area contributed by atoms with Gasteiger partial charge in [0, 0.05) is 29.7 Å². The smallest absolute Gasteiger partial charge is 0.151 e. The zero-order valence-electron chi connectivity index (χ0n) is 19.8. The van der Waals surface area contributed by atoms with Gasteiger partial charge in [-0.25, -0.2) is 0 Å². The number of aromatic nitrogens is 2. The second-order valence-electron chi connectivity index (χ2n) is 10.2. The topological polar surface area (TPSA) is 70.5 Å². The Bertz CT molecular complexity index is 1150. The maximum Gasteiger partial charge on any atom is 0.151 e. The highest BCUT2D eigenvalue weighted by Gasteiger charge is 2.49. The van der Waals surface area contributed by atoms with Crippen molar-refractivity contribution in [3.63, 3.8) is 0 Å². The first-order valence-corrected chi connectivity index (χ1v) is 11.6. The summed E-state index contributed by atoms with van der Waals surface area (Å²) >= 11 is 0. The molecule has 5 rings (SSSR count). The van der Waals surface area contributed by atoms with Crippen molar-refractivity contribution in [2.45, 2.75) is 56.7 Å². The van der Waals surface area contributed by atoms with Crippen LogP contribution in [0.1, 0.15) is 39.5 Å². The van der Waals surface area contributed by atoms with Crippen LogP contribution in [-0.2, 0) is 0 Å². The van der Waals surface area contributed by atoms with Crippen molar-refractivity contribution in [1.82, 2.24) is 15.5 Å². The van der Waals surface area contributed by atoms with Gasteiger partial charge in [0.25, 0.3) is 0 Å². The molecule has 2 aliphatic rings. The molecule has 0 saturated carbocycles. The second-order valence-corrected chi connectivity index (χ2v) is 10.2. The summed E-state index contributed by atoms with van der Waals surface area (Å²) in [6, 6.07) is 17.8. The normalized spacial score (nSPS) is 26.2. The van der Waals surface area contributed by atoms with Gasteiger partial charge in [-0.3, -0.25) is 0 Å². The lowest BCUT2D eigenvalue weighted by Gasteiger charge is -2.45. The minimum Gasteiger partial charge on any atom is -0.507 e. The van der Waals surface area contributed by atoms with Crippen molar-refractivity contribution < 1.29 is 9.84 Å². The summed E-state index contributed by atoms with van der Waals surface area (Å²) in [4.78, 5) is 2.27. The molecule has 172 valence electrons. The minimum absolute atomic E-state index is 0.182. The SMILES string of the molecule is COc1cccc(-c2ccc(-c3ccc(N(C)[C@@H]4C[C@]5(C)CC[C@](C)(C4)N5)nn3)c(O)c2)c1. The quantitative estimate of drug-likeness (QED) is 0.576. The van der Waals surface area contributed by atoms with Crippen LogP contribution in [-0.4, -0.2) is 46.6 Å². The predicted octanol–water partition coefficient (Wildman–Crippen LogP) is 5.02. The molecule has 2 bridgehead atoms. The molecular formula is C27H32N4O2. The highest BCUT2D eigenvalue weighted by Crippen LogP contribution is 2.44. The number of anilines is 1. The zero-order chi connectivity index (χ0) is 23.2. The number of hydrogen-bond donors (Lipinski definition) is 2. The van der Waals surface area contributed by atoms with E-state index in [4.69, 9.17) is 4.74 Å². The van der Waals surface area contributed by atoms with Crippen LogP contribution in [0, 0.1) is 0 Å². The Morgan fingerprint density at radius 1 is 0.970 bits per heavy atom. The van der Waals surface area contributed by atoms with Crippen LogP contribution >= 0.6 is 0 Å². The van der Waals surface area contributed by atoms with E-state index in [0.717, 1.165) is 35.5 Å². The van der Waals surface area contributed by atoms with Crippen LogP contribution in [0.25, 0.3) is 22.4 Å². The third-order valence-electron chi connectivity index (χ3n) is 7.44. The number of phenolic OH excluding ortho intramolecular Hbond substituents is 1. The Hall–Kier alpha value is -3.12. The van der Waals surface area contributed by atoms with E-state index in [-0.39, 0.29) is 16.8 Å². The number of piperidine rings is 1. The number of hydrogen-bond acceptors (Lipinski definition) is 6. The highest BCUT2D eigenvalue weighted by atomic mass is 16.5. The number of aromatic hydroxyl groups is 1. The Morgan fingerprint density at radius 2 is 1.70 bits per heavy atom. The summed E-state index contributed by atoms with van der Waals surface area (Å²) in [7, 11) is 3.77. The van der Waals surface area contributed by atoms with E-state index in [1.54, 1.807) is 13.2 Å². The summed E-state index contributed by atoms with van der Waals surface area (Å²) in [6.45, 7) is 4.68. The largest absolute Gasteiger partial charge is 0.507 e. The van der Waals surface area contributed by atoms with Gasteiger partial charge in [0.05, 0.1) is 12.8 Å². The van der Waals surface area contributed by atoms with E-state index in [9.17, 15) is 5.11 Å². The summed E-state index contributed by atoms with van der Waals surface area (Å²) in [5.41, 5.74) is 3.64. The maximum atomic E-state index is 10.7. The molecule has 0 unspecified atom stereocenters. The van der Waals surface area contributed by atoms with Gasteiger partial charge in [-0.15, -0.1) is 10.2 Å². The molecule has 0 radical (unpaired) electrons. The number of fused-ring (bicyclic) bond motifs is 2. The molecule has 2 aromatic carbocycles. The van der Waals surface area contributed by atoms with Gasteiger partial charge in [0.2, 0.25) is 0 Å². The van der Waals surface area contributed by atoms with Crippen molar-refractivity contribution in [1.29, 1.82) is 0 Å². The molecular weight excluding hydrogens is 412 g/mol. The van der Waals surface area contributed by atoms with Crippen molar-refractivity contribution in [3.05, 3.63) is 54.6 Å². The number of nitrogens with one attached hydrogen (secondary N) is 1. The number of nitrogens with zero attached hydrogens (tertiary/aromatic N) is 3. The van der Waals surface area contributed by atoms with Crippen LogP contribution in [0.15, 0.2) is 54.6 Å². The molecule has 3 aromatic rings. The lowest BCUT2D eigenvalue weighted by Crippen LogP contribution is -2.58. The number of ether oxygens (including phenoxy) is 1. The molecule has 2 N–H and O–H groups in total.